The van der Waals surface area contributed by atoms with Gasteiger partial charge in [-0.05, 0) is 18.6 Å². The summed E-state index contributed by atoms with van der Waals surface area (Å²) in [5.41, 5.74) is 1.93. The number of pyridine rings is 1. The molecular formula is C10H11N3O. The zero-order valence-electron chi connectivity index (χ0n) is 7.76. The van der Waals surface area contributed by atoms with E-state index in [1.165, 1.54) is 0 Å². The van der Waals surface area contributed by atoms with Gasteiger partial charge in [-0.1, -0.05) is 0 Å². The van der Waals surface area contributed by atoms with E-state index in [1.54, 1.807) is 12.4 Å². The van der Waals surface area contributed by atoms with Gasteiger partial charge in [-0.15, -0.1) is 0 Å². The van der Waals surface area contributed by atoms with Crippen LogP contribution < -0.4 is 0 Å². The van der Waals surface area contributed by atoms with Gasteiger partial charge >= 0.3 is 0 Å². The highest BCUT2D eigenvalue weighted by molar-refractivity contribution is 5.73. The number of rotatable bonds is 4. The van der Waals surface area contributed by atoms with E-state index in [2.05, 4.69) is 10.1 Å². The van der Waals surface area contributed by atoms with Crippen molar-refractivity contribution in [3.63, 3.8) is 0 Å². The predicted molar refractivity (Wildman–Crippen MR) is 52.8 cm³/mol. The van der Waals surface area contributed by atoms with E-state index in [9.17, 15) is 4.79 Å². The lowest BCUT2D eigenvalue weighted by Crippen LogP contribution is -1.99. The van der Waals surface area contributed by atoms with Crippen molar-refractivity contribution in [3.05, 3.63) is 24.5 Å². The van der Waals surface area contributed by atoms with Gasteiger partial charge in [-0.25, -0.2) is 0 Å². The van der Waals surface area contributed by atoms with Gasteiger partial charge in [-0.3, -0.25) is 9.67 Å². The molecule has 0 fully saturated rings. The number of hydrogen-bond donors (Lipinski definition) is 0. The summed E-state index contributed by atoms with van der Waals surface area (Å²) < 4.78 is 1.88. The van der Waals surface area contributed by atoms with Gasteiger partial charge in [0.25, 0.3) is 0 Å². The highest BCUT2D eigenvalue weighted by Crippen LogP contribution is 2.10. The molecule has 2 aromatic heterocycles. The molecular weight excluding hydrogens is 178 g/mol. The molecule has 72 valence electrons. The van der Waals surface area contributed by atoms with E-state index >= 15 is 0 Å². The molecule has 0 amide bonds. The lowest BCUT2D eigenvalue weighted by Gasteiger charge is -1.99. The minimum Gasteiger partial charge on any atom is -0.303 e. The summed E-state index contributed by atoms with van der Waals surface area (Å²) in [6.45, 7) is 0.772. The van der Waals surface area contributed by atoms with Crippen molar-refractivity contribution in [2.75, 3.05) is 0 Å². The van der Waals surface area contributed by atoms with Crippen molar-refractivity contribution in [1.82, 2.24) is 14.8 Å². The molecule has 14 heavy (non-hydrogen) atoms. The van der Waals surface area contributed by atoms with Crippen LogP contribution in [0.25, 0.3) is 11.0 Å². The molecule has 0 bridgehead atoms. The van der Waals surface area contributed by atoms with Crippen molar-refractivity contribution in [2.24, 2.45) is 0 Å². The van der Waals surface area contributed by atoms with E-state index in [0.29, 0.717) is 6.42 Å². The zero-order valence-corrected chi connectivity index (χ0v) is 7.76. The molecule has 0 aliphatic rings. The van der Waals surface area contributed by atoms with Gasteiger partial charge in [0, 0.05) is 19.2 Å². The fourth-order valence-corrected chi connectivity index (χ4v) is 1.42. The first-order valence-electron chi connectivity index (χ1n) is 4.62. The van der Waals surface area contributed by atoms with Crippen molar-refractivity contribution in [1.29, 1.82) is 0 Å². The SMILES string of the molecule is O=CCCCn1ncc2ncccc21. The van der Waals surface area contributed by atoms with E-state index in [4.69, 9.17) is 0 Å². The number of nitrogens with zero attached hydrogens (tertiary/aromatic N) is 3. The van der Waals surface area contributed by atoms with Crippen LogP contribution in [0.2, 0.25) is 0 Å². The molecule has 0 spiro atoms. The van der Waals surface area contributed by atoms with Crippen LogP contribution >= 0.6 is 0 Å². The topological polar surface area (TPSA) is 47.8 Å². The van der Waals surface area contributed by atoms with Crippen LogP contribution in [-0.4, -0.2) is 21.1 Å². The summed E-state index contributed by atoms with van der Waals surface area (Å²) in [5, 5.41) is 4.21. The third-order valence-corrected chi connectivity index (χ3v) is 2.11. The smallest absolute Gasteiger partial charge is 0.120 e. The van der Waals surface area contributed by atoms with Crippen LogP contribution in [0.1, 0.15) is 12.8 Å². The maximum absolute atomic E-state index is 10.2. The molecule has 4 nitrogen and oxygen atoms in total. The van der Waals surface area contributed by atoms with Crippen LogP contribution in [0.4, 0.5) is 0 Å². The van der Waals surface area contributed by atoms with Crippen molar-refractivity contribution < 1.29 is 4.79 Å². The molecule has 0 saturated carbocycles. The summed E-state index contributed by atoms with van der Waals surface area (Å²) in [6.07, 6.45) is 5.84. The number of aromatic nitrogens is 3. The van der Waals surface area contributed by atoms with Crippen molar-refractivity contribution in [2.45, 2.75) is 19.4 Å². The van der Waals surface area contributed by atoms with E-state index < -0.39 is 0 Å². The Morgan fingerprint density at radius 2 is 2.43 bits per heavy atom. The first-order valence-corrected chi connectivity index (χ1v) is 4.62. The Morgan fingerprint density at radius 1 is 1.50 bits per heavy atom. The number of carbonyl (C=O) groups excluding carboxylic acids is 1. The fraction of sp³-hybridized carbons (Fsp3) is 0.300. The Balaban J connectivity index is 2.20. The summed E-state index contributed by atoms with van der Waals surface area (Å²) in [5.74, 6) is 0. The molecule has 0 aromatic carbocycles. The van der Waals surface area contributed by atoms with Gasteiger partial charge in [-0.2, -0.15) is 5.10 Å². The molecule has 0 unspecified atom stereocenters. The maximum atomic E-state index is 10.2. The standard InChI is InChI=1S/C10H11N3O/c14-7-2-1-6-13-10-4-3-5-11-9(10)8-12-13/h3-5,7-8H,1-2,6H2. The lowest BCUT2D eigenvalue weighted by molar-refractivity contribution is -0.107. The first kappa shape index (κ1) is 8.87. The Bertz CT molecular complexity index is 436. The van der Waals surface area contributed by atoms with Crippen molar-refractivity contribution in [3.8, 4) is 0 Å². The molecule has 0 aliphatic carbocycles. The van der Waals surface area contributed by atoms with Gasteiger partial charge in [0.2, 0.25) is 0 Å². The van der Waals surface area contributed by atoms with E-state index in [1.807, 2.05) is 16.8 Å². The van der Waals surface area contributed by atoms with Gasteiger partial charge in [0.1, 0.15) is 11.8 Å². The van der Waals surface area contributed by atoms with Crippen LogP contribution in [0.3, 0.4) is 0 Å². The summed E-state index contributed by atoms with van der Waals surface area (Å²) in [4.78, 5) is 14.3. The average molecular weight is 189 g/mol. The second kappa shape index (κ2) is 4.00. The second-order valence-electron chi connectivity index (χ2n) is 3.08. The monoisotopic (exact) mass is 189 g/mol. The number of hydrogen-bond acceptors (Lipinski definition) is 3. The van der Waals surface area contributed by atoms with E-state index in [-0.39, 0.29) is 0 Å². The molecule has 0 saturated heterocycles. The predicted octanol–water partition coefficient (Wildman–Crippen LogP) is 1.41. The molecule has 0 atom stereocenters. The number of unbranched alkanes of at least 4 members (excludes halogenated alkanes) is 1. The number of aldehydes is 1. The Kier molecular flexibility index (Phi) is 2.53. The Morgan fingerprint density at radius 3 is 3.29 bits per heavy atom. The van der Waals surface area contributed by atoms with Crippen LogP contribution in [-0.2, 0) is 11.3 Å². The molecule has 2 aromatic rings. The maximum Gasteiger partial charge on any atom is 0.120 e. The summed E-state index contributed by atoms with van der Waals surface area (Å²) in [6, 6.07) is 3.87. The van der Waals surface area contributed by atoms with Crippen molar-refractivity contribution >= 4 is 17.3 Å². The Hall–Kier alpha value is -1.71. The number of carbonyl (C=O) groups is 1. The minimum absolute atomic E-state index is 0.585. The highest BCUT2D eigenvalue weighted by Gasteiger charge is 2.01. The quantitative estimate of drug-likeness (QED) is 0.539. The van der Waals surface area contributed by atoms with Crippen LogP contribution in [0.5, 0.6) is 0 Å². The molecule has 0 aliphatic heterocycles. The highest BCUT2D eigenvalue weighted by atomic mass is 16.1. The second-order valence-corrected chi connectivity index (χ2v) is 3.08. The Labute approximate surface area is 81.6 Å². The summed E-state index contributed by atoms with van der Waals surface area (Å²) in [7, 11) is 0. The van der Waals surface area contributed by atoms with Gasteiger partial charge in [0.05, 0.1) is 11.7 Å². The summed E-state index contributed by atoms with van der Waals surface area (Å²) >= 11 is 0. The van der Waals surface area contributed by atoms with Crippen LogP contribution in [0, 0.1) is 0 Å². The van der Waals surface area contributed by atoms with Gasteiger partial charge < -0.3 is 4.79 Å². The molecule has 0 radical (unpaired) electrons. The largest absolute Gasteiger partial charge is 0.303 e. The minimum atomic E-state index is 0.585. The number of fused-ring (bicyclic) bond motifs is 1. The third kappa shape index (κ3) is 1.64. The molecule has 4 heteroatoms. The normalized spacial score (nSPS) is 10.6. The lowest BCUT2D eigenvalue weighted by atomic mass is 10.3. The zero-order chi connectivity index (χ0) is 9.80. The van der Waals surface area contributed by atoms with Gasteiger partial charge in [0.15, 0.2) is 0 Å². The third-order valence-electron chi connectivity index (χ3n) is 2.11. The van der Waals surface area contributed by atoms with E-state index in [0.717, 1.165) is 30.3 Å². The number of aryl methyl sites for hydroxylation is 1. The first-order chi connectivity index (χ1) is 6.92. The molecule has 2 rings (SSSR count). The average Bonchev–Trinajstić information content (AvgIpc) is 2.63. The van der Waals surface area contributed by atoms with Crippen LogP contribution in [0.15, 0.2) is 24.5 Å². The molecule has 0 N–H and O–H groups in total. The fourth-order valence-electron chi connectivity index (χ4n) is 1.42. The molecule has 2 heterocycles.